The van der Waals surface area contributed by atoms with Crippen LogP contribution in [0.5, 0.6) is 5.75 Å². The molecule has 0 fully saturated rings. The Balaban J connectivity index is 1.57. The van der Waals surface area contributed by atoms with Gasteiger partial charge >= 0.3 is 5.97 Å². The van der Waals surface area contributed by atoms with Crippen molar-refractivity contribution in [3.63, 3.8) is 0 Å². The van der Waals surface area contributed by atoms with Gasteiger partial charge in [0.05, 0.1) is 7.11 Å². The Hall–Kier alpha value is -3.19. The fourth-order valence-corrected chi connectivity index (χ4v) is 3.13. The molecule has 3 rings (SSSR count). The van der Waals surface area contributed by atoms with E-state index in [1.54, 1.807) is 18.6 Å². The Bertz CT molecular complexity index is 951. The average Bonchev–Trinajstić information content (AvgIpc) is 3.18. The first-order chi connectivity index (χ1) is 13.1. The molecule has 0 atom stereocenters. The van der Waals surface area contributed by atoms with Gasteiger partial charge in [-0.25, -0.2) is 9.78 Å². The lowest BCUT2D eigenvalue weighted by molar-refractivity contribution is -0.119. The molecule has 0 saturated carbocycles. The van der Waals surface area contributed by atoms with E-state index in [0.29, 0.717) is 10.7 Å². The predicted octanol–water partition coefficient (Wildman–Crippen LogP) is 3.92. The van der Waals surface area contributed by atoms with E-state index in [0.717, 1.165) is 16.9 Å². The highest BCUT2D eigenvalue weighted by Crippen LogP contribution is 2.26. The maximum absolute atomic E-state index is 12.1. The van der Waals surface area contributed by atoms with Gasteiger partial charge in [0.15, 0.2) is 12.3 Å². The van der Waals surface area contributed by atoms with Gasteiger partial charge < -0.3 is 14.8 Å². The van der Waals surface area contributed by atoms with Crippen LogP contribution in [0.25, 0.3) is 10.6 Å². The topological polar surface area (TPSA) is 77.5 Å². The number of aryl methyl sites for hydroxylation is 1. The molecule has 0 bridgehead atoms. The molecule has 0 aliphatic heterocycles. The second kappa shape index (κ2) is 8.46. The number of nitrogens with one attached hydrogen (secondary N) is 1. The first-order valence-electron chi connectivity index (χ1n) is 8.19. The normalized spacial score (nSPS) is 10.3. The number of amides is 1. The molecular formula is C20H18N2O4S. The SMILES string of the molecule is COc1ccc(-c2nc(C(=O)OCC(=O)Nc3ccccc3C)cs2)cc1. The largest absolute Gasteiger partial charge is 0.497 e. The van der Waals surface area contributed by atoms with Crippen LogP contribution >= 0.6 is 11.3 Å². The summed E-state index contributed by atoms with van der Waals surface area (Å²) in [6.07, 6.45) is 0. The first kappa shape index (κ1) is 18.6. The van der Waals surface area contributed by atoms with Crippen LogP contribution in [0.2, 0.25) is 0 Å². The Labute approximate surface area is 160 Å². The summed E-state index contributed by atoms with van der Waals surface area (Å²) in [5, 5.41) is 5.01. The number of carbonyl (C=O) groups is 2. The molecule has 1 N–H and O–H groups in total. The van der Waals surface area contributed by atoms with Crippen molar-refractivity contribution in [2.75, 3.05) is 19.0 Å². The summed E-state index contributed by atoms with van der Waals surface area (Å²) in [7, 11) is 1.60. The Morgan fingerprint density at radius 1 is 1.11 bits per heavy atom. The summed E-state index contributed by atoms with van der Waals surface area (Å²) in [5.74, 6) is -0.288. The molecule has 27 heavy (non-hydrogen) atoms. The van der Waals surface area contributed by atoms with Gasteiger partial charge in [-0.15, -0.1) is 11.3 Å². The average molecular weight is 382 g/mol. The van der Waals surface area contributed by atoms with Gasteiger partial charge in [-0.2, -0.15) is 0 Å². The summed E-state index contributed by atoms with van der Waals surface area (Å²) < 4.78 is 10.2. The number of carbonyl (C=O) groups excluding carboxylic acids is 2. The smallest absolute Gasteiger partial charge is 0.358 e. The number of ether oxygens (including phenoxy) is 2. The molecule has 7 heteroatoms. The van der Waals surface area contributed by atoms with E-state index in [4.69, 9.17) is 9.47 Å². The number of benzene rings is 2. The molecule has 3 aromatic rings. The van der Waals surface area contributed by atoms with E-state index >= 15 is 0 Å². The molecule has 138 valence electrons. The number of anilines is 1. The molecule has 1 amide bonds. The minimum atomic E-state index is -0.633. The molecule has 0 saturated heterocycles. The quantitative estimate of drug-likeness (QED) is 0.654. The Morgan fingerprint density at radius 3 is 2.56 bits per heavy atom. The predicted molar refractivity (Wildman–Crippen MR) is 104 cm³/mol. The van der Waals surface area contributed by atoms with Gasteiger partial charge in [0.2, 0.25) is 0 Å². The minimum absolute atomic E-state index is 0.175. The highest BCUT2D eigenvalue weighted by atomic mass is 32.1. The maximum Gasteiger partial charge on any atom is 0.358 e. The number of rotatable bonds is 6. The van der Waals surface area contributed by atoms with E-state index < -0.39 is 11.9 Å². The molecule has 1 aromatic heterocycles. The Kier molecular flexibility index (Phi) is 5.83. The Morgan fingerprint density at radius 2 is 1.85 bits per heavy atom. The van der Waals surface area contributed by atoms with Crippen LogP contribution in [0, 0.1) is 6.92 Å². The fraction of sp³-hybridized carbons (Fsp3) is 0.150. The second-order valence-electron chi connectivity index (χ2n) is 5.71. The zero-order chi connectivity index (χ0) is 19.2. The number of esters is 1. The highest BCUT2D eigenvalue weighted by Gasteiger charge is 2.15. The van der Waals surface area contributed by atoms with Gasteiger partial charge in [0.1, 0.15) is 10.8 Å². The molecular weight excluding hydrogens is 364 g/mol. The van der Waals surface area contributed by atoms with E-state index in [1.807, 2.05) is 49.4 Å². The summed E-state index contributed by atoms with van der Waals surface area (Å²) in [4.78, 5) is 28.4. The number of hydrogen-bond acceptors (Lipinski definition) is 6. The number of methoxy groups -OCH3 is 1. The number of hydrogen-bond donors (Lipinski definition) is 1. The summed E-state index contributed by atoms with van der Waals surface area (Å²) >= 11 is 1.33. The molecule has 0 aliphatic rings. The van der Waals surface area contributed by atoms with Crippen molar-refractivity contribution < 1.29 is 19.1 Å². The van der Waals surface area contributed by atoms with Crippen molar-refractivity contribution in [3.8, 4) is 16.3 Å². The van der Waals surface area contributed by atoms with Crippen LogP contribution in [0.1, 0.15) is 16.1 Å². The lowest BCUT2D eigenvalue weighted by atomic mass is 10.2. The molecule has 6 nitrogen and oxygen atoms in total. The lowest BCUT2D eigenvalue weighted by Crippen LogP contribution is -2.21. The van der Waals surface area contributed by atoms with Gasteiger partial charge in [-0.3, -0.25) is 4.79 Å². The summed E-state index contributed by atoms with van der Waals surface area (Å²) in [6, 6.07) is 14.8. The number of para-hydroxylation sites is 1. The lowest BCUT2D eigenvalue weighted by Gasteiger charge is -2.08. The van der Waals surface area contributed by atoms with Crippen LogP contribution in [-0.2, 0) is 9.53 Å². The molecule has 0 spiro atoms. The van der Waals surface area contributed by atoms with Crippen molar-refractivity contribution in [2.24, 2.45) is 0 Å². The van der Waals surface area contributed by atoms with Crippen molar-refractivity contribution >= 4 is 28.9 Å². The zero-order valence-electron chi connectivity index (χ0n) is 14.9. The van der Waals surface area contributed by atoms with Crippen LogP contribution < -0.4 is 10.1 Å². The van der Waals surface area contributed by atoms with Crippen molar-refractivity contribution in [1.29, 1.82) is 0 Å². The van der Waals surface area contributed by atoms with E-state index in [2.05, 4.69) is 10.3 Å². The van der Waals surface area contributed by atoms with E-state index in [-0.39, 0.29) is 12.3 Å². The first-order valence-corrected chi connectivity index (χ1v) is 9.07. The van der Waals surface area contributed by atoms with Crippen molar-refractivity contribution in [2.45, 2.75) is 6.92 Å². The van der Waals surface area contributed by atoms with Crippen molar-refractivity contribution in [1.82, 2.24) is 4.98 Å². The molecule has 0 radical (unpaired) electrons. The molecule has 0 aliphatic carbocycles. The van der Waals surface area contributed by atoms with Crippen LogP contribution in [0.4, 0.5) is 5.69 Å². The second-order valence-corrected chi connectivity index (χ2v) is 6.56. The molecule has 0 unspecified atom stereocenters. The third-order valence-corrected chi connectivity index (χ3v) is 4.70. The third kappa shape index (κ3) is 4.71. The van der Waals surface area contributed by atoms with Crippen LogP contribution in [-0.4, -0.2) is 30.6 Å². The van der Waals surface area contributed by atoms with Gasteiger partial charge in [-0.05, 0) is 42.8 Å². The number of aromatic nitrogens is 1. The number of thiazole rings is 1. The van der Waals surface area contributed by atoms with Gasteiger partial charge in [-0.1, -0.05) is 18.2 Å². The van der Waals surface area contributed by atoms with E-state index in [1.165, 1.54) is 11.3 Å². The van der Waals surface area contributed by atoms with Crippen LogP contribution in [0.3, 0.4) is 0 Å². The monoisotopic (exact) mass is 382 g/mol. The maximum atomic E-state index is 12.1. The van der Waals surface area contributed by atoms with Gasteiger partial charge in [0.25, 0.3) is 5.91 Å². The minimum Gasteiger partial charge on any atom is -0.497 e. The highest BCUT2D eigenvalue weighted by molar-refractivity contribution is 7.13. The van der Waals surface area contributed by atoms with Crippen molar-refractivity contribution in [3.05, 3.63) is 65.2 Å². The zero-order valence-corrected chi connectivity index (χ0v) is 15.7. The summed E-state index contributed by atoms with van der Waals surface area (Å²) in [6.45, 7) is 1.51. The molecule has 2 aromatic carbocycles. The molecule has 1 heterocycles. The standard InChI is InChI=1S/C20H18N2O4S/c1-13-5-3-4-6-16(13)21-18(23)11-26-20(24)17-12-27-19(22-17)14-7-9-15(25-2)10-8-14/h3-10,12H,11H2,1-2H3,(H,21,23). The fourth-order valence-electron chi connectivity index (χ4n) is 2.34. The van der Waals surface area contributed by atoms with Gasteiger partial charge in [0, 0.05) is 16.6 Å². The summed E-state index contributed by atoms with van der Waals surface area (Å²) in [5.41, 5.74) is 2.67. The third-order valence-electron chi connectivity index (χ3n) is 3.80. The number of nitrogens with zero attached hydrogens (tertiary/aromatic N) is 1. The van der Waals surface area contributed by atoms with Crippen LogP contribution in [0.15, 0.2) is 53.9 Å². The van der Waals surface area contributed by atoms with E-state index in [9.17, 15) is 9.59 Å².